The summed E-state index contributed by atoms with van der Waals surface area (Å²) in [5.41, 5.74) is 1.40. The first-order valence-electron chi connectivity index (χ1n) is 5.39. The average molecular weight is 278 g/mol. The number of nitro benzene ring substituents is 1. The number of carbonyl (C=O) groups is 1. The first-order chi connectivity index (χ1) is 8.97. The molecular formula is C12H10N2O4S. The Labute approximate surface area is 112 Å². The zero-order chi connectivity index (χ0) is 14.0. The van der Waals surface area contributed by atoms with E-state index in [9.17, 15) is 14.9 Å². The van der Waals surface area contributed by atoms with E-state index in [1.54, 1.807) is 19.1 Å². The molecule has 0 atom stereocenters. The number of rotatable bonds is 4. The van der Waals surface area contributed by atoms with Crippen molar-refractivity contribution < 1.29 is 14.8 Å². The number of nitro groups is 1. The van der Waals surface area contributed by atoms with E-state index in [1.807, 2.05) is 0 Å². The standard InChI is InChI=1S/C12H10N2O4S/c1-7-2-3-8(4-10(7)14(17)18)5-11-13-9(6-19-11)12(15)16/h2-4,6H,5H2,1H3,(H,15,16). The van der Waals surface area contributed by atoms with Gasteiger partial charge in [-0.3, -0.25) is 10.1 Å². The third-order valence-corrected chi connectivity index (χ3v) is 3.45. The molecule has 19 heavy (non-hydrogen) atoms. The molecule has 0 aliphatic rings. The molecule has 1 aromatic carbocycles. The quantitative estimate of drug-likeness (QED) is 0.685. The molecule has 2 rings (SSSR count). The minimum atomic E-state index is -1.07. The van der Waals surface area contributed by atoms with Crippen molar-refractivity contribution in [3.8, 4) is 0 Å². The summed E-state index contributed by atoms with van der Waals surface area (Å²) in [5.74, 6) is -1.07. The monoisotopic (exact) mass is 278 g/mol. The summed E-state index contributed by atoms with van der Waals surface area (Å²) in [5, 5.41) is 21.7. The van der Waals surface area contributed by atoms with Crippen LogP contribution in [0.5, 0.6) is 0 Å². The van der Waals surface area contributed by atoms with Crippen LogP contribution in [0.3, 0.4) is 0 Å². The van der Waals surface area contributed by atoms with Crippen LogP contribution >= 0.6 is 11.3 Å². The molecule has 0 spiro atoms. The van der Waals surface area contributed by atoms with Crippen LogP contribution in [-0.4, -0.2) is 21.0 Å². The highest BCUT2D eigenvalue weighted by Crippen LogP contribution is 2.22. The summed E-state index contributed by atoms with van der Waals surface area (Å²) in [7, 11) is 0. The van der Waals surface area contributed by atoms with Crippen LogP contribution in [0, 0.1) is 17.0 Å². The fourth-order valence-electron chi connectivity index (χ4n) is 1.63. The van der Waals surface area contributed by atoms with Gasteiger partial charge in [-0.15, -0.1) is 11.3 Å². The maximum Gasteiger partial charge on any atom is 0.355 e. The lowest BCUT2D eigenvalue weighted by molar-refractivity contribution is -0.385. The SMILES string of the molecule is Cc1ccc(Cc2nc(C(=O)O)cs2)cc1[N+](=O)[O-]. The van der Waals surface area contributed by atoms with Gasteiger partial charge in [0.25, 0.3) is 5.69 Å². The van der Waals surface area contributed by atoms with Crippen LogP contribution in [0.4, 0.5) is 5.69 Å². The number of thiazole rings is 1. The number of aromatic nitrogens is 1. The molecule has 1 aromatic heterocycles. The highest BCUT2D eigenvalue weighted by Gasteiger charge is 2.13. The Kier molecular flexibility index (Phi) is 3.57. The fourth-order valence-corrected chi connectivity index (χ4v) is 2.43. The number of nitrogens with zero attached hydrogens (tertiary/aromatic N) is 2. The van der Waals surface area contributed by atoms with Crippen molar-refractivity contribution in [1.29, 1.82) is 0 Å². The van der Waals surface area contributed by atoms with Crippen LogP contribution in [0.2, 0.25) is 0 Å². The van der Waals surface area contributed by atoms with Gasteiger partial charge in [0, 0.05) is 23.4 Å². The molecule has 0 aliphatic heterocycles. The second kappa shape index (κ2) is 5.15. The third kappa shape index (κ3) is 2.94. The predicted octanol–water partition coefficient (Wildman–Crippen LogP) is 2.65. The van der Waals surface area contributed by atoms with E-state index in [4.69, 9.17) is 5.11 Å². The smallest absolute Gasteiger partial charge is 0.355 e. The molecule has 0 saturated heterocycles. The Morgan fingerprint density at radius 3 is 2.84 bits per heavy atom. The maximum absolute atomic E-state index is 10.8. The molecule has 0 amide bonds. The van der Waals surface area contributed by atoms with Crippen LogP contribution < -0.4 is 0 Å². The van der Waals surface area contributed by atoms with Gasteiger partial charge in [0.1, 0.15) is 0 Å². The normalized spacial score (nSPS) is 10.4. The topological polar surface area (TPSA) is 93.3 Å². The molecule has 1 heterocycles. The van der Waals surface area contributed by atoms with Crippen molar-refractivity contribution in [2.75, 3.05) is 0 Å². The average Bonchev–Trinajstić information content (AvgIpc) is 2.80. The second-order valence-electron chi connectivity index (χ2n) is 3.99. The Hall–Kier alpha value is -2.28. The lowest BCUT2D eigenvalue weighted by atomic mass is 10.1. The Morgan fingerprint density at radius 1 is 1.53 bits per heavy atom. The van der Waals surface area contributed by atoms with Crippen molar-refractivity contribution in [2.24, 2.45) is 0 Å². The Morgan fingerprint density at radius 2 is 2.26 bits per heavy atom. The van der Waals surface area contributed by atoms with Gasteiger partial charge in [0.2, 0.25) is 0 Å². The van der Waals surface area contributed by atoms with Crippen molar-refractivity contribution in [2.45, 2.75) is 13.3 Å². The van der Waals surface area contributed by atoms with Crippen LogP contribution in [0.15, 0.2) is 23.6 Å². The van der Waals surface area contributed by atoms with Gasteiger partial charge in [-0.05, 0) is 12.5 Å². The number of benzene rings is 1. The van der Waals surface area contributed by atoms with Crippen LogP contribution in [0.25, 0.3) is 0 Å². The summed E-state index contributed by atoms with van der Waals surface area (Å²) in [6, 6.07) is 4.96. The van der Waals surface area contributed by atoms with E-state index in [1.165, 1.54) is 22.8 Å². The van der Waals surface area contributed by atoms with Gasteiger partial charge in [-0.25, -0.2) is 9.78 Å². The van der Waals surface area contributed by atoms with Crippen LogP contribution in [-0.2, 0) is 6.42 Å². The summed E-state index contributed by atoms with van der Waals surface area (Å²) >= 11 is 1.23. The van der Waals surface area contributed by atoms with Crippen molar-refractivity contribution >= 4 is 23.0 Å². The van der Waals surface area contributed by atoms with Gasteiger partial charge in [-0.2, -0.15) is 0 Å². The van der Waals surface area contributed by atoms with Gasteiger partial charge in [-0.1, -0.05) is 12.1 Å². The summed E-state index contributed by atoms with van der Waals surface area (Å²) in [6.07, 6.45) is 0.388. The first kappa shape index (κ1) is 13.2. The molecule has 0 fully saturated rings. The first-order valence-corrected chi connectivity index (χ1v) is 6.27. The molecule has 6 nitrogen and oxygen atoms in total. The largest absolute Gasteiger partial charge is 0.476 e. The lowest BCUT2D eigenvalue weighted by Crippen LogP contribution is -1.98. The number of hydrogen-bond donors (Lipinski definition) is 1. The summed E-state index contributed by atoms with van der Waals surface area (Å²) in [4.78, 5) is 25.1. The highest BCUT2D eigenvalue weighted by molar-refractivity contribution is 7.09. The van der Waals surface area contributed by atoms with Crippen molar-refractivity contribution in [3.05, 3.63) is 55.5 Å². The van der Waals surface area contributed by atoms with Gasteiger partial charge in [0.05, 0.1) is 9.93 Å². The van der Waals surface area contributed by atoms with E-state index >= 15 is 0 Å². The molecule has 2 aromatic rings. The molecule has 0 unspecified atom stereocenters. The third-order valence-electron chi connectivity index (χ3n) is 2.60. The number of carboxylic acids is 1. The molecular weight excluding hydrogens is 268 g/mol. The van der Waals surface area contributed by atoms with Crippen molar-refractivity contribution in [1.82, 2.24) is 4.98 Å². The fraction of sp³-hybridized carbons (Fsp3) is 0.167. The predicted molar refractivity (Wildman–Crippen MR) is 69.7 cm³/mol. The number of aryl methyl sites for hydroxylation is 1. The van der Waals surface area contributed by atoms with Gasteiger partial charge in [0.15, 0.2) is 5.69 Å². The van der Waals surface area contributed by atoms with Gasteiger partial charge < -0.3 is 5.11 Å². The molecule has 7 heteroatoms. The minimum absolute atomic E-state index is 0.00149. The zero-order valence-electron chi connectivity index (χ0n) is 9.99. The molecule has 1 N–H and O–H groups in total. The summed E-state index contributed by atoms with van der Waals surface area (Å²) < 4.78 is 0. The molecule has 0 bridgehead atoms. The van der Waals surface area contributed by atoms with Crippen molar-refractivity contribution in [3.63, 3.8) is 0 Å². The number of hydrogen-bond acceptors (Lipinski definition) is 5. The lowest BCUT2D eigenvalue weighted by Gasteiger charge is -2.01. The maximum atomic E-state index is 10.8. The Bertz CT molecular complexity index is 651. The zero-order valence-corrected chi connectivity index (χ0v) is 10.8. The van der Waals surface area contributed by atoms with E-state index in [0.717, 1.165) is 5.56 Å². The number of aromatic carboxylic acids is 1. The molecule has 98 valence electrons. The number of carboxylic acid groups (broad SMARTS) is 1. The van der Waals surface area contributed by atoms with E-state index in [-0.39, 0.29) is 11.4 Å². The minimum Gasteiger partial charge on any atom is -0.476 e. The van der Waals surface area contributed by atoms with E-state index < -0.39 is 10.9 Å². The second-order valence-corrected chi connectivity index (χ2v) is 4.93. The molecule has 0 radical (unpaired) electrons. The van der Waals surface area contributed by atoms with Gasteiger partial charge >= 0.3 is 5.97 Å². The van der Waals surface area contributed by atoms with Crippen LogP contribution in [0.1, 0.15) is 26.6 Å². The highest BCUT2D eigenvalue weighted by atomic mass is 32.1. The molecule has 0 saturated carbocycles. The Balaban J connectivity index is 2.25. The van der Waals surface area contributed by atoms with E-state index in [2.05, 4.69) is 4.98 Å². The summed E-state index contributed by atoms with van der Waals surface area (Å²) in [6.45, 7) is 1.67. The van der Waals surface area contributed by atoms with E-state index in [0.29, 0.717) is 17.0 Å². The molecule has 0 aliphatic carbocycles.